The maximum absolute atomic E-state index is 7.29. The van der Waals surface area contributed by atoms with Crippen LogP contribution in [0.4, 0.5) is 0 Å². The Morgan fingerprint density at radius 2 is 1.75 bits per heavy atom. The second-order valence-corrected chi connectivity index (χ2v) is 0.552. The fourth-order valence-corrected chi connectivity index (χ4v) is 0. The molecule has 0 saturated heterocycles. The number of hydrogen-bond donors (Lipinski definition) is 0. The van der Waals surface area contributed by atoms with Gasteiger partial charge in [-0.1, -0.05) is 0 Å². The Kier molecular flexibility index (Phi) is 19.9. The molecule has 0 atom stereocenters. The van der Waals surface area contributed by atoms with E-state index in [1.54, 1.807) is 25.4 Å². The SMILES string of the molecule is N#[C][Au].[NaH]. The van der Waals surface area contributed by atoms with Crippen molar-refractivity contribution in [2.24, 2.45) is 0 Å². The van der Waals surface area contributed by atoms with Crippen LogP contribution in [0.2, 0.25) is 0 Å². The van der Waals surface area contributed by atoms with Crippen molar-refractivity contribution in [3.8, 4) is 4.29 Å². The Morgan fingerprint density at radius 3 is 1.75 bits per heavy atom. The summed E-state index contributed by atoms with van der Waals surface area (Å²) < 4.78 is 1.69. The molecule has 0 aliphatic carbocycles. The summed E-state index contributed by atoms with van der Waals surface area (Å²) in [5, 5.41) is 7.29. The maximum atomic E-state index is 7.29. The minimum atomic E-state index is 0. The van der Waals surface area contributed by atoms with E-state index < -0.39 is 0 Å². The van der Waals surface area contributed by atoms with E-state index in [0.29, 0.717) is 0 Å². The predicted octanol–water partition coefficient (Wildman–Crippen LogP) is -0.634. The van der Waals surface area contributed by atoms with E-state index in [-0.39, 0.29) is 29.6 Å². The van der Waals surface area contributed by atoms with Gasteiger partial charge in [0.25, 0.3) is 0 Å². The molecule has 0 bridgehead atoms. The van der Waals surface area contributed by atoms with Crippen LogP contribution in [0.3, 0.4) is 0 Å². The molecule has 22 valence electrons. The average molecular weight is 247 g/mol. The van der Waals surface area contributed by atoms with Crippen LogP contribution >= 0.6 is 0 Å². The number of rotatable bonds is 0. The van der Waals surface area contributed by atoms with E-state index in [9.17, 15) is 0 Å². The van der Waals surface area contributed by atoms with Gasteiger partial charge in [-0.3, -0.25) is 0 Å². The topological polar surface area (TPSA) is 23.8 Å². The molecule has 0 spiro atoms. The van der Waals surface area contributed by atoms with Crippen molar-refractivity contribution in [3.05, 3.63) is 0 Å². The molecule has 4 heavy (non-hydrogen) atoms. The molecule has 0 heterocycles. The van der Waals surface area contributed by atoms with E-state index in [0.717, 1.165) is 0 Å². The average Bonchev–Trinajstić information content (AvgIpc) is 0.918. The Labute approximate surface area is 59.6 Å². The van der Waals surface area contributed by atoms with Crippen molar-refractivity contribution in [2.75, 3.05) is 0 Å². The van der Waals surface area contributed by atoms with Crippen LogP contribution in [0, 0.1) is 9.55 Å². The van der Waals surface area contributed by atoms with Crippen molar-refractivity contribution in [3.63, 3.8) is 0 Å². The van der Waals surface area contributed by atoms with Gasteiger partial charge in [0.05, 0.1) is 0 Å². The van der Waals surface area contributed by atoms with Crippen LogP contribution in [0.25, 0.3) is 0 Å². The monoisotopic (exact) mass is 247 g/mol. The van der Waals surface area contributed by atoms with Crippen LogP contribution in [-0.4, -0.2) is 29.6 Å². The molecule has 0 amide bonds. The fourth-order valence-electron chi connectivity index (χ4n) is 0. The molecule has 0 radical (unpaired) electrons. The van der Waals surface area contributed by atoms with E-state index in [4.69, 9.17) is 5.26 Å². The van der Waals surface area contributed by atoms with Gasteiger partial charge in [-0.05, 0) is 0 Å². The normalized spacial score (nSPS) is 2.25. The van der Waals surface area contributed by atoms with Gasteiger partial charge in [0.15, 0.2) is 0 Å². The van der Waals surface area contributed by atoms with E-state index in [1.807, 2.05) is 0 Å². The quantitative estimate of drug-likeness (QED) is 0.522. The number of nitrogens with zero attached hydrogens (tertiary/aromatic N) is 1. The summed E-state index contributed by atoms with van der Waals surface area (Å²) in [6.45, 7) is 0. The molecule has 0 saturated carbocycles. The summed E-state index contributed by atoms with van der Waals surface area (Å²) in [6, 6.07) is 0. The van der Waals surface area contributed by atoms with Crippen LogP contribution in [0.15, 0.2) is 0 Å². The van der Waals surface area contributed by atoms with Gasteiger partial charge in [0.1, 0.15) is 0 Å². The minimum absolute atomic E-state index is 0. The molecule has 0 fully saturated rings. The molecule has 0 aromatic rings. The summed E-state index contributed by atoms with van der Waals surface area (Å²) >= 11 is 1.73. The van der Waals surface area contributed by atoms with Gasteiger partial charge in [-0.15, -0.1) is 0 Å². The van der Waals surface area contributed by atoms with Crippen LogP contribution in [0.5, 0.6) is 0 Å². The Balaban J connectivity index is 0. The van der Waals surface area contributed by atoms with Crippen molar-refractivity contribution >= 4 is 29.6 Å². The zero-order valence-electron chi connectivity index (χ0n) is 1.25. The summed E-state index contributed by atoms with van der Waals surface area (Å²) in [5.41, 5.74) is 0. The number of nitriles is 1. The Bertz CT molecular complexity index is 29.5. The predicted molar refractivity (Wildman–Crippen MR) is 12.8 cm³/mol. The Hall–Kier alpha value is 1.23. The van der Waals surface area contributed by atoms with Crippen molar-refractivity contribution in [1.82, 2.24) is 0 Å². The first-order valence-corrected chi connectivity index (χ1v) is 1.46. The van der Waals surface area contributed by atoms with Crippen molar-refractivity contribution in [1.29, 1.82) is 5.26 Å². The Morgan fingerprint density at radius 1 is 1.75 bits per heavy atom. The summed E-state index contributed by atoms with van der Waals surface area (Å²) in [5.74, 6) is 0. The van der Waals surface area contributed by atoms with Gasteiger partial charge in [-0.25, -0.2) is 0 Å². The third kappa shape index (κ3) is 10.6. The van der Waals surface area contributed by atoms with Gasteiger partial charge < -0.3 is 0 Å². The third-order valence-electron chi connectivity index (χ3n) is 0. The molecule has 3 heteroatoms. The van der Waals surface area contributed by atoms with Crippen LogP contribution in [0.1, 0.15) is 0 Å². The zero-order chi connectivity index (χ0) is 2.71. The third-order valence-corrected chi connectivity index (χ3v) is 0. The van der Waals surface area contributed by atoms with Crippen molar-refractivity contribution < 1.29 is 21.1 Å². The summed E-state index contributed by atoms with van der Waals surface area (Å²) in [6.07, 6.45) is 0. The van der Waals surface area contributed by atoms with Crippen LogP contribution < -0.4 is 0 Å². The first-order valence-electron chi connectivity index (χ1n) is 0.374. The summed E-state index contributed by atoms with van der Waals surface area (Å²) in [4.78, 5) is 0. The van der Waals surface area contributed by atoms with Gasteiger partial charge >= 0.3 is 60.2 Å². The van der Waals surface area contributed by atoms with Crippen LogP contribution in [-0.2, 0) is 21.1 Å². The van der Waals surface area contributed by atoms with E-state index >= 15 is 0 Å². The first-order chi connectivity index (χ1) is 1.41. The van der Waals surface area contributed by atoms with E-state index in [2.05, 4.69) is 0 Å². The molecule has 0 rings (SSSR count). The molecule has 0 aromatic carbocycles. The van der Waals surface area contributed by atoms with E-state index in [1.165, 1.54) is 0 Å². The molecular formula is CHAuNNa. The first kappa shape index (κ1) is 8.97. The molecular weight excluding hydrogens is 246 g/mol. The molecule has 0 aromatic heterocycles. The van der Waals surface area contributed by atoms with Gasteiger partial charge in [0.2, 0.25) is 0 Å². The second kappa shape index (κ2) is 8.87. The van der Waals surface area contributed by atoms with Crippen molar-refractivity contribution in [2.45, 2.75) is 0 Å². The standard InChI is InChI=1S/CN.Au.Na.H/c1-2;;;. The van der Waals surface area contributed by atoms with Gasteiger partial charge in [0, 0.05) is 0 Å². The molecule has 0 aliphatic heterocycles. The zero-order valence-corrected chi connectivity index (χ0v) is 3.42. The molecule has 1 nitrogen and oxygen atoms in total. The fraction of sp³-hybridized carbons (Fsp3) is 0. The molecule has 0 N–H and O–H groups in total. The number of hydrogen-bond acceptors (Lipinski definition) is 1. The molecule has 0 aliphatic rings. The summed E-state index contributed by atoms with van der Waals surface area (Å²) in [7, 11) is 0. The second-order valence-electron chi connectivity index (χ2n) is 0.0674. The van der Waals surface area contributed by atoms with Gasteiger partial charge in [-0.2, -0.15) is 0 Å². The molecule has 0 unspecified atom stereocenters.